The predicted octanol–water partition coefficient (Wildman–Crippen LogP) is 2.34. The number of carbonyl (C=O) groups excluding carboxylic acids is 1. The van der Waals surface area contributed by atoms with Gasteiger partial charge in [0.15, 0.2) is 15.6 Å². The van der Waals surface area contributed by atoms with Crippen LogP contribution in [0.5, 0.6) is 0 Å². The highest BCUT2D eigenvalue weighted by molar-refractivity contribution is 8.05. The van der Waals surface area contributed by atoms with Crippen molar-refractivity contribution in [2.24, 2.45) is 16.7 Å². The fourth-order valence-electron chi connectivity index (χ4n) is 4.67. The molecule has 3 nitrogen and oxygen atoms in total. The fraction of sp³-hybridized carbons (Fsp3) is 0.667. The number of hydrogen-bond donors (Lipinski definition) is 0. The molecule has 3 heterocycles. The molecule has 2 fully saturated rings. The Balaban J connectivity index is 2.07. The van der Waals surface area contributed by atoms with Crippen LogP contribution in [0.1, 0.15) is 27.7 Å². The van der Waals surface area contributed by atoms with Gasteiger partial charge in [-0.15, -0.1) is 11.8 Å². The molecule has 0 spiro atoms. The van der Waals surface area contributed by atoms with Crippen LogP contribution in [0.2, 0.25) is 0 Å². The molecule has 0 aromatic heterocycles. The molecule has 1 saturated heterocycles. The summed E-state index contributed by atoms with van der Waals surface area (Å²) in [7, 11) is -3.16. The summed E-state index contributed by atoms with van der Waals surface area (Å²) in [5.74, 6) is 0.157. The lowest BCUT2D eigenvalue weighted by molar-refractivity contribution is -0.131. The molecule has 4 rings (SSSR count). The van der Waals surface area contributed by atoms with Crippen LogP contribution in [0, 0.1) is 16.7 Å². The minimum absolute atomic E-state index is 0.00993. The quantitative estimate of drug-likeness (QED) is 0.645. The molecule has 2 bridgehead atoms. The Morgan fingerprint density at radius 3 is 2.35 bits per heavy atom. The number of ketones is 1. The molecule has 108 valence electrons. The molecule has 3 aliphatic heterocycles. The van der Waals surface area contributed by atoms with Crippen molar-refractivity contribution in [3.63, 3.8) is 0 Å². The molecular weight excluding hydrogens is 292 g/mol. The van der Waals surface area contributed by atoms with E-state index < -0.39 is 31.2 Å². The van der Waals surface area contributed by atoms with Crippen LogP contribution in [0.3, 0.4) is 0 Å². The standard InChI is InChI=1S/C15H18O3S2/c1-14(2)7-5-9-11-10(12(7)20(9,17)18)8(6-19-11)15(3,4)13(14)16/h5-6,9-12H,1-4H3/t9-,10+,11+,12+/m1/s1. The van der Waals surface area contributed by atoms with Crippen molar-refractivity contribution < 1.29 is 13.2 Å². The first-order chi connectivity index (χ1) is 9.11. The summed E-state index contributed by atoms with van der Waals surface area (Å²) in [5.41, 5.74) is 0.646. The van der Waals surface area contributed by atoms with Crippen LogP contribution in [0.4, 0.5) is 0 Å². The zero-order chi connectivity index (χ0) is 14.7. The normalized spacial score (nSPS) is 45.1. The lowest BCUT2D eigenvalue weighted by Crippen LogP contribution is -2.37. The highest BCUT2D eigenvalue weighted by Gasteiger charge is 2.69. The van der Waals surface area contributed by atoms with Gasteiger partial charge in [0.05, 0.1) is 10.5 Å². The second-order valence-electron chi connectivity index (χ2n) is 7.38. The van der Waals surface area contributed by atoms with Gasteiger partial charge in [-0.25, -0.2) is 8.42 Å². The van der Waals surface area contributed by atoms with E-state index in [-0.39, 0.29) is 17.0 Å². The van der Waals surface area contributed by atoms with E-state index in [1.807, 2.05) is 33.8 Å². The second-order valence-corrected chi connectivity index (χ2v) is 10.7. The largest absolute Gasteiger partial charge is 0.298 e. The lowest BCUT2D eigenvalue weighted by Gasteiger charge is -2.32. The first-order valence-electron chi connectivity index (χ1n) is 6.97. The van der Waals surface area contributed by atoms with Crippen LogP contribution in [-0.2, 0) is 14.6 Å². The Hall–Kier alpha value is -0.550. The van der Waals surface area contributed by atoms with Gasteiger partial charge in [-0.1, -0.05) is 6.08 Å². The van der Waals surface area contributed by atoms with E-state index in [4.69, 9.17) is 0 Å². The average molecular weight is 310 g/mol. The Morgan fingerprint density at radius 1 is 1.10 bits per heavy atom. The van der Waals surface area contributed by atoms with Crippen molar-refractivity contribution in [3.8, 4) is 0 Å². The smallest absolute Gasteiger partial charge is 0.165 e. The summed E-state index contributed by atoms with van der Waals surface area (Å²) in [6, 6.07) is 0. The van der Waals surface area contributed by atoms with Crippen LogP contribution >= 0.6 is 11.8 Å². The second kappa shape index (κ2) is 3.27. The molecule has 4 atom stereocenters. The van der Waals surface area contributed by atoms with Gasteiger partial charge in [-0.2, -0.15) is 0 Å². The van der Waals surface area contributed by atoms with E-state index in [0.717, 1.165) is 11.1 Å². The minimum atomic E-state index is -3.16. The Kier molecular flexibility index (Phi) is 2.15. The number of allylic oxidation sites excluding steroid dienone is 1. The van der Waals surface area contributed by atoms with E-state index in [1.165, 1.54) is 0 Å². The Bertz CT molecular complexity index is 709. The van der Waals surface area contributed by atoms with Crippen molar-refractivity contribution in [1.29, 1.82) is 0 Å². The molecular formula is C15H18O3S2. The molecule has 1 saturated carbocycles. The van der Waals surface area contributed by atoms with Crippen molar-refractivity contribution >= 4 is 27.4 Å². The zero-order valence-corrected chi connectivity index (χ0v) is 13.6. The summed E-state index contributed by atoms with van der Waals surface area (Å²) in [4.78, 5) is 13.0. The van der Waals surface area contributed by atoms with Crippen molar-refractivity contribution in [1.82, 2.24) is 0 Å². The number of sulfone groups is 1. The molecule has 1 aliphatic carbocycles. The number of carbonyl (C=O) groups is 1. The highest BCUT2D eigenvalue weighted by Crippen LogP contribution is 2.64. The van der Waals surface area contributed by atoms with Crippen LogP contribution < -0.4 is 0 Å². The zero-order valence-electron chi connectivity index (χ0n) is 12.0. The maximum absolute atomic E-state index is 13.0. The molecule has 20 heavy (non-hydrogen) atoms. The molecule has 0 unspecified atom stereocenters. The summed E-state index contributed by atoms with van der Waals surface area (Å²) in [5, 5.41) is 1.30. The van der Waals surface area contributed by atoms with Crippen LogP contribution in [-0.4, -0.2) is 30.0 Å². The van der Waals surface area contributed by atoms with Gasteiger partial charge in [-0.05, 0) is 44.2 Å². The van der Waals surface area contributed by atoms with Gasteiger partial charge in [0.25, 0.3) is 0 Å². The third kappa shape index (κ3) is 1.14. The van der Waals surface area contributed by atoms with E-state index in [1.54, 1.807) is 11.8 Å². The number of fused-ring (bicyclic) bond motifs is 2. The molecule has 0 N–H and O–H groups in total. The van der Waals surface area contributed by atoms with Crippen molar-refractivity contribution in [3.05, 3.63) is 22.6 Å². The van der Waals surface area contributed by atoms with Gasteiger partial charge in [-0.3, -0.25) is 4.79 Å². The Labute approximate surface area is 123 Å². The van der Waals surface area contributed by atoms with Crippen molar-refractivity contribution in [2.45, 2.75) is 43.4 Å². The van der Waals surface area contributed by atoms with Gasteiger partial charge in [0.2, 0.25) is 0 Å². The average Bonchev–Trinajstić information content (AvgIpc) is 2.93. The summed E-state index contributed by atoms with van der Waals surface area (Å²) >= 11 is 1.61. The lowest BCUT2D eigenvalue weighted by atomic mass is 9.69. The third-order valence-electron chi connectivity index (χ3n) is 5.68. The molecule has 0 aromatic carbocycles. The van der Waals surface area contributed by atoms with Crippen LogP contribution in [0.15, 0.2) is 22.6 Å². The SMILES string of the molecule is CC1(C)C(=O)C(C)(C)C2=C[C@@H]3[C@@H]4SC=C1[C@@H]4[C@H]2S3(=O)=O. The highest BCUT2D eigenvalue weighted by atomic mass is 32.2. The first kappa shape index (κ1) is 13.1. The van der Waals surface area contributed by atoms with Gasteiger partial charge in [0, 0.05) is 22.0 Å². The van der Waals surface area contributed by atoms with Gasteiger partial charge in [0.1, 0.15) is 0 Å². The first-order valence-corrected chi connectivity index (χ1v) is 9.52. The van der Waals surface area contributed by atoms with E-state index in [2.05, 4.69) is 5.41 Å². The topological polar surface area (TPSA) is 51.2 Å². The molecule has 4 aliphatic rings. The summed E-state index contributed by atoms with van der Waals surface area (Å²) in [6.45, 7) is 7.69. The summed E-state index contributed by atoms with van der Waals surface area (Å²) in [6.07, 6.45) is 1.89. The maximum atomic E-state index is 13.0. The number of Topliss-reactive ketones (excluding diaryl/α,β-unsaturated/α-hetero) is 1. The minimum Gasteiger partial charge on any atom is -0.298 e. The fourth-order valence-corrected chi connectivity index (χ4v) is 9.56. The van der Waals surface area contributed by atoms with Gasteiger partial charge >= 0.3 is 0 Å². The number of thioether (sulfide) groups is 1. The Morgan fingerprint density at radius 2 is 1.70 bits per heavy atom. The third-order valence-corrected chi connectivity index (χ3v) is 9.58. The van der Waals surface area contributed by atoms with Gasteiger partial charge < -0.3 is 0 Å². The molecule has 0 amide bonds. The number of hydrogen-bond acceptors (Lipinski definition) is 4. The molecule has 0 radical (unpaired) electrons. The summed E-state index contributed by atoms with van der Waals surface area (Å²) < 4.78 is 25.4. The van der Waals surface area contributed by atoms with Crippen molar-refractivity contribution in [2.75, 3.05) is 0 Å². The molecule has 0 aromatic rings. The number of rotatable bonds is 0. The molecule has 5 heteroatoms. The van der Waals surface area contributed by atoms with E-state index >= 15 is 0 Å². The van der Waals surface area contributed by atoms with E-state index in [9.17, 15) is 13.2 Å². The predicted molar refractivity (Wildman–Crippen MR) is 80.1 cm³/mol. The maximum Gasteiger partial charge on any atom is 0.165 e. The monoisotopic (exact) mass is 310 g/mol. The van der Waals surface area contributed by atoms with E-state index in [0.29, 0.717) is 0 Å². The van der Waals surface area contributed by atoms with Crippen LogP contribution in [0.25, 0.3) is 0 Å².